The van der Waals surface area contributed by atoms with Crippen LogP contribution in [0.3, 0.4) is 0 Å². The Morgan fingerprint density at radius 1 is 1.27 bits per heavy atom. The predicted octanol–water partition coefficient (Wildman–Crippen LogP) is 2.74. The molecule has 26 heavy (non-hydrogen) atoms. The molecule has 3 aromatic rings. The molecule has 0 spiro atoms. The molecule has 0 unspecified atom stereocenters. The largest absolute Gasteiger partial charge is 0.378 e. The SMILES string of the molecule is C/C(=N/NC(=O)c1csc(N2CCOCC2)n1)c1nc2ccccc2s1. The summed E-state index contributed by atoms with van der Waals surface area (Å²) in [6.07, 6.45) is 0. The smallest absolute Gasteiger partial charge is 0.290 e. The van der Waals surface area contributed by atoms with Crippen molar-refractivity contribution in [3.05, 3.63) is 40.3 Å². The fourth-order valence-electron chi connectivity index (χ4n) is 2.54. The number of morpholine rings is 1. The van der Waals surface area contributed by atoms with Crippen LogP contribution in [0.2, 0.25) is 0 Å². The molecule has 1 amide bonds. The first-order chi connectivity index (χ1) is 12.7. The summed E-state index contributed by atoms with van der Waals surface area (Å²) in [7, 11) is 0. The van der Waals surface area contributed by atoms with E-state index in [2.05, 4.69) is 25.4 Å². The zero-order valence-corrected chi connectivity index (χ0v) is 15.8. The zero-order chi connectivity index (χ0) is 17.9. The maximum Gasteiger partial charge on any atom is 0.290 e. The monoisotopic (exact) mass is 387 g/mol. The van der Waals surface area contributed by atoms with Gasteiger partial charge in [-0.15, -0.1) is 22.7 Å². The van der Waals surface area contributed by atoms with Crippen molar-refractivity contribution >= 4 is 49.6 Å². The van der Waals surface area contributed by atoms with Crippen LogP contribution in [-0.4, -0.2) is 47.9 Å². The summed E-state index contributed by atoms with van der Waals surface area (Å²) in [4.78, 5) is 23.4. The number of aromatic nitrogens is 2. The summed E-state index contributed by atoms with van der Waals surface area (Å²) in [6, 6.07) is 7.91. The molecule has 1 aliphatic heterocycles. The molecule has 0 bridgehead atoms. The fraction of sp³-hybridized carbons (Fsp3) is 0.294. The van der Waals surface area contributed by atoms with E-state index in [0.717, 1.165) is 33.4 Å². The van der Waals surface area contributed by atoms with Gasteiger partial charge < -0.3 is 9.64 Å². The summed E-state index contributed by atoms with van der Waals surface area (Å²) in [5.74, 6) is -0.318. The van der Waals surface area contributed by atoms with Gasteiger partial charge in [0.05, 0.1) is 29.1 Å². The molecular weight excluding hydrogens is 370 g/mol. The second-order valence-corrected chi connectivity index (χ2v) is 7.61. The van der Waals surface area contributed by atoms with Crippen molar-refractivity contribution in [2.75, 3.05) is 31.2 Å². The van der Waals surface area contributed by atoms with Crippen molar-refractivity contribution in [2.24, 2.45) is 5.10 Å². The highest BCUT2D eigenvalue weighted by atomic mass is 32.1. The standard InChI is InChI=1S/C17H17N5O2S2/c1-11(16-18-12-4-2-3-5-14(12)26-16)20-21-15(23)13-10-25-17(19-13)22-6-8-24-9-7-22/h2-5,10H,6-9H2,1H3,(H,21,23)/b20-11-. The van der Waals surface area contributed by atoms with Gasteiger partial charge in [0.15, 0.2) is 5.13 Å². The van der Waals surface area contributed by atoms with Crippen LogP contribution in [0.1, 0.15) is 22.4 Å². The van der Waals surface area contributed by atoms with Gasteiger partial charge in [0.25, 0.3) is 5.91 Å². The minimum atomic E-state index is -0.318. The number of hydrogen-bond donors (Lipinski definition) is 1. The van der Waals surface area contributed by atoms with E-state index in [0.29, 0.717) is 24.6 Å². The highest BCUT2D eigenvalue weighted by molar-refractivity contribution is 7.20. The molecule has 1 N–H and O–H groups in total. The van der Waals surface area contributed by atoms with E-state index in [-0.39, 0.29) is 5.91 Å². The van der Waals surface area contributed by atoms with E-state index in [9.17, 15) is 4.79 Å². The van der Waals surface area contributed by atoms with Crippen molar-refractivity contribution in [1.29, 1.82) is 0 Å². The lowest BCUT2D eigenvalue weighted by Crippen LogP contribution is -2.36. The maximum absolute atomic E-state index is 12.3. The Labute approximate surface area is 158 Å². The Hall–Kier alpha value is -2.36. The number of amides is 1. The maximum atomic E-state index is 12.3. The molecule has 9 heteroatoms. The molecule has 0 radical (unpaired) electrons. The van der Waals surface area contributed by atoms with Gasteiger partial charge >= 0.3 is 0 Å². The number of ether oxygens (including phenoxy) is 1. The van der Waals surface area contributed by atoms with E-state index >= 15 is 0 Å². The van der Waals surface area contributed by atoms with Crippen LogP contribution < -0.4 is 10.3 Å². The third-order valence-corrected chi connectivity index (χ3v) is 5.98. The number of rotatable bonds is 4. The van der Waals surface area contributed by atoms with Crippen molar-refractivity contribution in [3.63, 3.8) is 0 Å². The van der Waals surface area contributed by atoms with Gasteiger partial charge in [-0.2, -0.15) is 5.10 Å². The van der Waals surface area contributed by atoms with Crippen molar-refractivity contribution in [2.45, 2.75) is 6.92 Å². The zero-order valence-electron chi connectivity index (χ0n) is 14.1. The molecule has 1 aliphatic rings. The molecule has 1 fully saturated rings. The van der Waals surface area contributed by atoms with Gasteiger partial charge in [-0.3, -0.25) is 4.79 Å². The lowest BCUT2D eigenvalue weighted by atomic mass is 10.3. The molecule has 1 saturated heterocycles. The van der Waals surface area contributed by atoms with E-state index in [1.807, 2.05) is 31.2 Å². The quantitative estimate of drug-likeness (QED) is 0.550. The van der Waals surface area contributed by atoms with Crippen molar-refractivity contribution in [3.8, 4) is 0 Å². The van der Waals surface area contributed by atoms with E-state index < -0.39 is 0 Å². The third kappa shape index (κ3) is 3.59. The fourth-order valence-corrected chi connectivity index (χ4v) is 4.31. The molecule has 0 atom stereocenters. The third-order valence-electron chi connectivity index (χ3n) is 3.93. The molecule has 3 heterocycles. The average molecular weight is 387 g/mol. The Kier molecular flexibility index (Phi) is 4.91. The second-order valence-electron chi connectivity index (χ2n) is 5.74. The summed E-state index contributed by atoms with van der Waals surface area (Å²) >= 11 is 3.01. The van der Waals surface area contributed by atoms with Crippen LogP contribution in [0.25, 0.3) is 10.2 Å². The number of anilines is 1. The number of carbonyl (C=O) groups is 1. The number of carbonyl (C=O) groups excluding carboxylic acids is 1. The summed E-state index contributed by atoms with van der Waals surface area (Å²) in [6.45, 7) is 4.80. The van der Waals surface area contributed by atoms with Crippen LogP contribution in [-0.2, 0) is 4.74 Å². The number of hydrazone groups is 1. The second kappa shape index (κ2) is 7.48. The van der Waals surface area contributed by atoms with E-state index in [1.165, 1.54) is 11.3 Å². The normalized spacial score (nSPS) is 15.4. The molecule has 134 valence electrons. The van der Waals surface area contributed by atoms with Crippen LogP contribution in [0.15, 0.2) is 34.7 Å². The van der Waals surface area contributed by atoms with Gasteiger partial charge in [-0.1, -0.05) is 12.1 Å². The number of nitrogens with one attached hydrogen (secondary N) is 1. The molecule has 1 aromatic carbocycles. The van der Waals surface area contributed by atoms with E-state index in [4.69, 9.17) is 4.74 Å². The molecule has 7 nitrogen and oxygen atoms in total. The Morgan fingerprint density at radius 3 is 2.88 bits per heavy atom. The number of nitrogens with zero attached hydrogens (tertiary/aromatic N) is 4. The Balaban J connectivity index is 1.44. The van der Waals surface area contributed by atoms with Gasteiger partial charge in [0, 0.05) is 18.5 Å². The minimum absolute atomic E-state index is 0.318. The van der Waals surface area contributed by atoms with Gasteiger partial charge in [0.1, 0.15) is 10.7 Å². The van der Waals surface area contributed by atoms with E-state index in [1.54, 1.807) is 16.7 Å². The highest BCUT2D eigenvalue weighted by Crippen LogP contribution is 2.23. The van der Waals surface area contributed by atoms with Crippen molar-refractivity contribution < 1.29 is 9.53 Å². The number of benzene rings is 1. The number of para-hydroxylation sites is 1. The number of thiazole rings is 2. The molecular formula is C17H17N5O2S2. The topological polar surface area (TPSA) is 79.7 Å². The molecule has 0 aliphatic carbocycles. The lowest BCUT2D eigenvalue weighted by molar-refractivity contribution is 0.0950. The predicted molar refractivity (Wildman–Crippen MR) is 104 cm³/mol. The Morgan fingerprint density at radius 2 is 2.08 bits per heavy atom. The van der Waals surface area contributed by atoms with Gasteiger partial charge in [-0.05, 0) is 19.1 Å². The van der Waals surface area contributed by atoms with Crippen LogP contribution >= 0.6 is 22.7 Å². The van der Waals surface area contributed by atoms with Crippen molar-refractivity contribution in [1.82, 2.24) is 15.4 Å². The van der Waals surface area contributed by atoms with Gasteiger partial charge in [-0.25, -0.2) is 15.4 Å². The lowest BCUT2D eigenvalue weighted by Gasteiger charge is -2.25. The van der Waals surface area contributed by atoms with Crippen LogP contribution in [0, 0.1) is 0 Å². The summed E-state index contributed by atoms with van der Waals surface area (Å²) in [5, 5.41) is 7.57. The van der Waals surface area contributed by atoms with Crippen LogP contribution in [0.4, 0.5) is 5.13 Å². The van der Waals surface area contributed by atoms with Crippen LogP contribution in [0.5, 0.6) is 0 Å². The number of hydrogen-bond acceptors (Lipinski definition) is 8. The first-order valence-corrected chi connectivity index (χ1v) is 9.89. The highest BCUT2D eigenvalue weighted by Gasteiger charge is 2.17. The Bertz CT molecular complexity index is 926. The minimum Gasteiger partial charge on any atom is -0.378 e. The number of fused-ring (bicyclic) bond motifs is 1. The molecule has 4 rings (SSSR count). The molecule has 0 saturated carbocycles. The summed E-state index contributed by atoms with van der Waals surface area (Å²) < 4.78 is 6.43. The van der Waals surface area contributed by atoms with Gasteiger partial charge in [0.2, 0.25) is 0 Å². The summed E-state index contributed by atoms with van der Waals surface area (Å²) in [5.41, 5.74) is 4.55. The average Bonchev–Trinajstić information content (AvgIpc) is 3.33. The first-order valence-electron chi connectivity index (χ1n) is 8.19. The molecule has 2 aromatic heterocycles. The first kappa shape index (κ1) is 17.1.